The zero-order valence-corrected chi connectivity index (χ0v) is 13.3. The number of carbonyl (C=O) groups excluding carboxylic acids is 1. The molecular weight excluding hydrogens is 294 g/mol. The second kappa shape index (κ2) is 7.31. The van der Waals surface area contributed by atoms with Crippen LogP contribution in [0.1, 0.15) is 25.8 Å². The third kappa shape index (κ3) is 4.63. The highest BCUT2D eigenvalue weighted by atomic mass is 32.2. The number of nitrogens with zero attached hydrogens (tertiary/aromatic N) is 1. The van der Waals surface area contributed by atoms with Gasteiger partial charge in [-0.3, -0.25) is 9.10 Å². The Bertz CT molecular complexity index is 597. The van der Waals surface area contributed by atoms with Gasteiger partial charge in [0, 0.05) is 12.6 Å². The standard InChI is InChI=1S/C14H21NO5S/c1-4-15(13-10-12(16)7-6-11(13)3)21(18,19)9-8-14(17)20-5-2/h6-7,10,16H,4-5,8-9H2,1-3H3. The number of phenols is 1. The molecule has 0 heterocycles. The molecule has 1 rings (SSSR count). The Morgan fingerprint density at radius 1 is 1.33 bits per heavy atom. The van der Waals surface area contributed by atoms with Crippen LogP contribution in [0.3, 0.4) is 0 Å². The molecule has 1 aromatic rings. The normalized spacial score (nSPS) is 11.2. The van der Waals surface area contributed by atoms with Crippen molar-refractivity contribution >= 4 is 21.7 Å². The number of sulfonamides is 1. The SMILES string of the molecule is CCOC(=O)CCS(=O)(=O)N(CC)c1cc(O)ccc1C. The minimum Gasteiger partial charge on any atom is -0.508 e. The van der Waals surface area contributed by atoms with Gasteiger partial charge in [0.15, 0.2) is 0 Å². The summed E-state index contributed by atoms with van der Waals surface area (Å²) in [5.41, 5.74) is 1.15. The number of phenolic OH excluding ortho intramolecular Hbond substituents is 1. The Morgan fingerprint density at radius 2 is 2.00 bits per heavy atom. The smallest absolute Gasteiger partial charge is 0.306 e. The summed E-state index contributed by atoms with van der Waals surface area (Å²) in [6.07, 6.45) is -0.190. The minimum absolute atomic E-state index is 0.00496. The zero-order valence-electron chi connectivity index (χ0n) is 12.5. The van der Waals surface area contributed by atoms with E-state index in [1.54, 1.807) is 26.8 Å². The van der Waals surface area contributed by atoms with E-state index < -0.39 is 16.0 Å². The van der Waals surface area contributed by atoms with Gasteiger partial charge in [-0.25, -0.2) is 8.42 Å². The van der Waals surface area contributed by atoms with Crippen LogP contribution in [-0.2, 0) is 19.6 Å². The molecule has 0 aliphatic rings. The molecule has 0 saturated carbocycles. The Balaban J connectivity index is 2.97. The average molecular weight is 315 g/mol. The molecule has 1 aromatic carbocycles. The van der Waals surface area contributed by atoms with Crippen molar-refractivity contribution < 1.29 is 23.1 Å². The van der Waals surface area contributed by atoms with Gasteiger partial charge in [-0.2, -0.15) is 0 Å². The van der Waals surface area contributed by atoms with Crippen LogP contribution in [0.25, 0.3) is 0 Å². The molecule has 0 spiro atoms. The summed E-state index contributed by atoms with van der Waals surface area (Å²) in [6, 6.07) is 4.55. The van der Waals surface area contributed by atoms with Crippen LogP contribution in [0, 0.1) is 6.92 Å². The van der Waals surface area contributed by atoms with E-state index in [0.717, 1.165) is 5.56 Å². The number of rotatable bonds is 7. The minimum atomic E-state index is -3.66. The van der Waals surface area contributed by atoms with Crippen molar-refractivity contribution in [1.29, 1.82) is 0 Å². The molecule has 0 saturated heterocycles. The van der Waals surface area contributed by atoms with Crippen LogP contribution in [0.5, 0.6) is 5.75 Å². The van der Waals surface area contributed by atoms with Crippen molar-refractivity contribution in [1.82, 2.24) is 0 Å². The second-order valence-corrected chi connectivity index (χ2v) is 6.52. The van der Waals surface area contributed by atoms with Gasteiger partial charge in [0.2, 0.25) is 10.0 Å². The molecule has 0 unspecified atom stereocenters. The molecule has 21 heavy (non-hydrogen) atoms. The Morgan fingerprint density at radius 3 is 2.57 bits per heavy atom. The number of aryl methyl sites for hydroxylation is 1. The highest BCUT2D eigenvalue weighted by molar-refractivity contribution is 7.92. The molecule has 0 radical (unpaired) electrons. The summed E-state index contributed by atoms with van der Waals surface area (Å²) in [5.74, 6) is -0.867. The van der Waals surface area contributed by atoms with E-state index in [9.17, 15) is 18.3 Å². The molecule has 0 amide bonds. The summed E-state index contributed by atoms with van der Waals surface area (Å²) in [7, 11) is -3.66. The quantitative estimate of drug-likeness (QED) is 0.776. The Labute approximate surface area is 125 Å². The lowest BCUT2D eigenvalue weighted by Gasteiger charge is -2.24. The highest BCUT2D eigenvalue weighted by Crippen LogP contribution is 2.27. The van der Waals surface area contributed by atoms with Crippen molar-refractivity contribution in [3.8, 4) is 5.75 Å². The van der Waals surface area contributed by atoms with Crippen molar-refractivity contribution in [2.45, 2.75) is 27.2 Å². The van der Waals surface area contributed by atoms with Crippen molar-refractivity contribution in [2.24, 2.45) is 0 Å². The maximum Gasteiger partial charge on any atom is 0.306 e. The van der Waals surface area contributed by atoms with Gasteiger partial charge in [0.25, 0.3) is 0 Å². The number of aromatic hydroxyl groups is 1. The summed E-state index contributed by atoms with van der Waals surface area (Å²) in [5, 5.41) is 9.54. The van der Waals surface area contributed by atoms with Gasteiger partial charge in [0.1, 0.15) is 5.75 Å². The summed E-state index contributed by atoms with van der Waals surface area (Å²) in [4.78, 5) is 11.3. The van der Waals surface area contributed by atoms with Gasteiger partial charge in [0.05, 0.1) is 24.5 Å². The van der Waals surface area contributed by atoms with E-state index in [4.69, 9.17) is 4.74 Å². The first-order valence-electron chi connectivity index (χ1n) is 6.77. The van der Waals surface area contributed by atoms with Crippen LogP contribution in [-0.4, -0.2) is 38.4 Å². The van der Waals surface area contributed by atoms with Crippen LogP contribution in [0.4, 0.5) is 5.69 Å². The van der Waals surface area contributed by atoms with Crippen LogP contribution < -0.4 is 4.31 Å². The van der Waals surface area contributed by atoms with E-state index in [2.05, 4.69) is 0 Å². The Hall–Kier alpha value is -1.76. The molecule has 0 aliphatic heterocycles. The van der Waals surface area contributed by atoms with Crippen molar-refractivity contribution in [2.75, 3.05) is 23.2 Å². The van der Waals surface area contributed by atoms with Gasteiger partial charge in [-0.05, 0) is 32.4 Å². The largest absolute Gasteiger partial charge is 0.508 e. The molecule has 0 atom stereocenters. The first kappa shape index (κ1) is 17.3. The molecule has 1 N–H and O–H groups in total. The van der Waals surface area contributed by atoms with Gasteiger partial charge < -0.3 is 9.84 Å². The second-order valence-electron chi connectivity index (χ2n) is 4.51. The molecule has 6 nitrogen and oxygen atoms in total. The first-order valence-corrected chi connectivity index (χ1v) is 8.38. The highest BCUT2D eigenvalue weighted by Gasteiger charge is 2.24. The third-order valence-electron chi connectivity index (χ3n) is 2.95. The van der Waals surface area contributed by atoms with Crippen molar-refractivity contribution in [3.63, 3.8) is 0 Å². The summed E-state index contributed by atoms with van der Waals surface area (Å²) >= 11 is 0. The Kier molecular flexibility index (Phi) is 6.02. The lowest BCUT2D eigenvalue weighted by molar-refractivity contribution is -0.142. The molecule has 0 bridgehead atoms. The fourth-order valence-electron chi connectivity index (χ4n) is 1.94. The topological polar surface area (TPSA) is 83.9 Å². The van der Waals surface area contributed by atoms with Gasteiger partial charge >= 0.3 is 5.97 Å². The molecular formula is C14H21NO5S. The van der Waals surface area contributed by atoms with E-state index in [1.807, 2.05) is 0 Å². The predicted molar refractivity (Wildman–Crippen MR) is 80.9 cm³/mol. The number of hydrogen-bond acceptors (Lipinski definition) is 5. The number of carbonyl (C=O) groups is 1. The molecule has 118 valence electrons. The van der Waals surface area contributed by atoms with Gasteiger partial charge in [-0.1, -0.05) is 6.07 Å². The number of anilines is 1. The molecule has 0 aromatic heterocycles. The number of ether oxygens (including phenoxy) is 1. The summed E-state index contributed by atoms with van der Waals surface area (Å²) in [6.45, 7) is 5.57. The maximum absolute atomic E-state index is 12.4. The van der Waals surface area contributed by atoms with E-state index in [1.165, 1.54) is 16.4 Å². The predicted octanol–water partition coefficient (Wildman–Crippen LogP) is 1.81. The fourth-order valence-corrected chi connectivity index (χ4v) is 3.47. The molecule has 0 fully saturated rings. The molecule has 7 heteroatoms. The first-order chi connectivity index (χ1) is 9.81. The van der Waals surface area contributed by atoms with Crippen LogP contribution in [0.2, 0.25) is 0 Å². The van der Waals surface area contributed by atoms with Crippen molar-refractivity contribution in [3.05, 3.63) is 23.8 Å². The van der Waals surface area contributed by atoms with Crippen LogP contribution >= 0.6 is 0 Å². The average Bonchev–Trinajstić information content (AvgIpc) is 2.41. The zero-order chi connectivity index (χ0) is 16.0. The maximum atomic E-state index is 12.4. The van der Waals surface area contributed by atoms with Gasteiger partial charge in [-0.15, -0.1) is 0 Å². The van der Waals surface area contributed by atoms with Crippen LogP contribution in [0.15, 0.2) is 18.2 Å². The summed E-state index contributed by atoms with van der Waals surface area (Å²) < 4.78 is 30.7. The fraction of sp³-hybridized carbons (Fsp3) is 0.500. The number of hydrogen-bond donors (Lipinski definition) is 1. The molecule has 0 aliphatic carbocycles. The lowest BCUT2D eigenvalue weighted by Crippen LogP contribution is -2.34. The monoisotopic (exact) mass is 315 g/mol. The van der Waals surface area contributed by atoms with E-state index in [0.29, 0.717) is 5.69 Å². The lowest BCUT2D eigenvalue weighted by atomic mass is 10.2. The third-order valence-corrected chi connectivity index (χ3v) is 4.80. The van der Waals surface area contributed by atoms with E-state index in [-0.39, 0.29) is 31.1 Å². The number of benzene rings is 1. The number of esters is 1. The van der Waals surface area contributed by atoms with E-state index >= 15 is 0 Å².